The number of aryl methyl sites for hydroxylation is 1. The summed E-state index contributed by atoms with van der Waals surface area (Å²) in [6, 6.07) is -0.400. The van der Waals surface area contributed by atoms with Gasteiger partial charge in [0.2, 0.25) is 5.91 Å². The molecule has 0 fully saturated rings. The Labute approximate surface area is 109 Å². The van der Waals surface area contributed by atoms with E-state index in [4.69, 9.17) is 5.73 Å². The molecule has 0 aliphatic heterocycles. The van der Waals surface area contributed by atoms with E-state index in [1.54, 1.807) is 11.6 Å². The number of carbonyl (C=O) groups excluding carboxylic acids is 1. The van der Waals surface area contributed by atoms with E-state index in [0.29, 0.717) is 5.92 Å². The normalized spacial score (nSPS) is 13.0. The Morgan fingerprint density at radius 1 is 1.39 bits per heavy atom. The topological polar surface area (TPSA) is 72.9 Å². The fraction of sp³-hybridized carbons (Fsp3) is 0.692. The smallest absolute Gasteiger partial charge is 0.242 e. The fourth-order valence-corrected chi connectivity index (χ4v) is 1.94. The molecule has 1 unspecified atom stereocenters. The van der Waals surface area contributed by atoms with Crippen LogP contribution in [-0.4, -0.2) is 22.2 Å². The molecule has 0 saturated heterocycles. The van der Waals surface area contributed by atoms with E-state index in [0.717, 1.165) is 30.0 Å². The monoisotopic (exact) mass is 252 g/mol. The van der Waals surface area contributed by atoms with Crippen molar-refractivity contribution in [1.82, 2.24) is 15.1 Å². The summed E-state index contributed by atoms with van der Waals surface area (Å²) in [5.74, 6) is 0.257. The van der Waals surface area contributed by atoms with E-state index >= 15 is 0 Å². The van der Waals surface area contributed by atoms with Crippen molar-refractivity contribution in [2.45, 2.75) is 47.2 Å². The maximum Gasteiger partial charge on any atom is 0.242 e. The van der Waals surface area contributed by atoms with Crippen molar-refractivity contribution >= 4 is 5.91 Å². The molecule has 1 rings (SSSR count). The lowest BCUT2D eigenvalue weighted by Gasteiger charge is -2.11. The predicted molar refractivity (Wildman–Crippen MR) is 72.2 cm³/mol. The molecule has 3 N–H and O–H groups in total. The molecule has 0 saturated carbocycles. The van der Waals surface area contributed by atoms with Gasteiger partial charge in [-0.05, 0) is 33.2 Å². The Kier molecular flexibility index (Phi) is 4.90. The van der Waals surface area contributed by atoms with Crippen molar-refractivity contribution in [1.29, 1.82) is 0 Å². The van der Waals surface area contributed by atoms with Crippen molar-refractivity contribution in [2.24, 2.45) is 11.7 Å². The average molecular weight is 252 g/mol. The van der Waals surface area contributed by atoms with Crippen LogP contribution in [-0.2, 0) is 11.3 Å². The van der Waals surface area contributed by atoms with Gasteiger partial charge in [-0.2, -0.15) is 5.10 Å². The minimum atomic E-state index is -0.400. The third-order valence-corrected chi connectivity index (χ3v) is 3.11. The second-order valence-electron chi connectivity index (χ2n) is 5.20. The second-order valence-corrected chi connectivity index (χ2v) is 5.20. The van der Waals surface area contributed by atoms with Crippen LogP contribution < -0.4 is 11.1 Å². The van der Waals surface area contributed by atoms with Gasteiger partial charge in [0.25, 0.3) is 0 Å². The van der Waals surface area contributed by atoms with Gasteiger partial charge in [0.15, 0.2) is 0 Å². The van der Waals surface area contributed by atoms with Crippen LogP contribution in [0.2, 0.25) is 0 Å². The number of carbonyl (C=O) groups is 1. The Morgan fingerprint density at radius 3 is 2.50 bits per heavy atom. The number of amides is 1. The van der Waals surface area contributed by atoms with Crippen LogP contribution in [0.15, 0.2) is 0 Å². The first-order valence-corrected chi connectivity index (χ1v) is 6.39. The first kappa shape index (κ1) is 14.7. The molecule has 5 nitrogen and oxygen atoms in total. The highest BCUT2D eigenvalue weighted by atomic mass is 16.1. The van der Waals surface area contributed by atoms with Gasteiger partial charge in [0, 0.05) is 17.8 Å². The van der Waals surface area contributed by atoms with E-state index in [-0.39, 0.29) is 5.91 Å². The molecule has 1 atom stereocenters. The van der Waals surface area contributed by atoms with Crippen LogP contribution in [0.3, 0.4) is 0 Å². The Hall–Kier alpha value is -1.36. The number of nitrogens with one attached hydrogen (secondary N) is 1. The van der Waals surface area contributed by atoms with Gasteiger partial charge in [0.05, 0.1) is 5.69 Å². The van der Waals surface area contributed by atoms with Crippen molar-refractivity contribution < 1.29 is 4.79 Å². The molecule has 102 valence electrons. The van der Waals surface area contributed by atoms with Crippen LogP contribution in [0.1, 0.15) is 43.8 Å². The number of nitrogens with zero attached hydrogens (tertiary/aromatic N) is 2. The van der Waals surface area contributed by atoms with Crippen LogP contribution in [0.25, 0.3) is 0 Å². The predicted octanol–water partition coefficient (Wildman–Crippen LogP) is 1.29. The summed E-state index contributed by atoms with van der Waals surface area (Å²) in [4.78, 5) is 11.2. The number of nitrogens with two attached hydrogens (primary N) is 1. The molecule has 1 aromatic rings. The number of hydrogen-bond acceptors (Lipinski definition) is 3. The van der Waals surface area contributed by atoms with Gasteiger partial charge in [-0.25, -0.2) is 0 Å². The molecular weight excluding hydrogens is 228 g/mol. The van der Waals surface area contributed by atoms with E-state index in [1.807, 2.05) is 13.8 Å². The highest BCUT2D eigenvalue weighted by Gasteiger charge is 2.18. The summed E-state index contributed by atoms with van der Waals surface area (Å²) in [5.41, 5.74) is 8.44. The quantitative estimate of drug-likeness (QED) is 0.801. The molecule has 1 aromatic heterocycles. The zero-order chi connectivity index (χ0) is 13.9. The van der Waals surface area contributed by atoms with Crippen molar-refractivity contribution in [3.05, 3.63) is 17.0 Å². The second kappa shape index (κ2) is 6.00. The van der Waals surface area contributed by atoms with Gasteiger partial charge in [-0.15, -0.1) is 0 Å². The highest BCUT2D eigenvalue weighted by molar-refractivity contribution is 5.77. The molecule has 0 bridgehead atoms. The molecule has 0 aliphatic rings. The molecule has 5 heteroatoms. The van der Waals surface area contributed by atoms with Crippen molar-refractivity contribution in [3.8, 4) is 0 Å². The zero-order valence-corrected chi connectivity index (χ0v) is 11.9. The average Bonchev–Trinajstić information content (AvgIpc) is 2.55. The number of hydrogen-bond donors (Lipinski definition) is 2. The fourth-order valence-electron chi connectivity index (χ4n) is 1.94. The molecule has 0 aliphatic carbocycles. The summed E-state index contributed by atoms with van der Waals surface area (Å²) in [7, 11) is 0. The minimum absolute atomic E-state index is 0.359. The molecule has 1 heterocycles. The summed E-state index contributed by atoms with van der Waals surface area (Å²) < 4.78 is 1.71. The van der Waals surface area contributed by atoms with Gasteiger partial charge in [-0.3, -0.25) is 9.48 Å². The molecule has 0 aromatic carbocycles. The van der Waals surface area contributed by atoms with E-state index < -0.39 is 6.04 Å². The number of primary amides is 1. The number of aromatic nitrogens is 2. The lowest BCUT2D eigenvalue weighted by Crippen LogP contribution is -2.26. The Morgan fingerprint density at radius 2 is 2.00 bits per heavy atom. The molecule has 1 amide bonds. The standard InChI is InChI=1S/C13H24N4O/c1-8(2)6-15-7-12-9(3)16-17(10(12)4)11(5)13(14)18/h8,11,15H,6-7H2,1-5H3,(H2,14,18). The molecule has 18 heavy (non-hydrogen) atoms. The van der Waals surface area contributed by atoms with Crippen LogP contribution in [0.4, 0.5) is 0 Å². The lowest BCUT2D eigenvalue weighted by molar-refractivity contribution is -0.121. The van der Waals surface area contributed by atoms with Crippen molar-refractivity contribution in [3.63, 3.8) is 0 Å². The van der Waals surface area contributed by atoms with Gasteiger partial charge >= 0.3 is 0 Å². The third kappa shape index (κ3) is 3.32. The van der Waals surface area contributed by atoms with E-state index in [2.05, 4.69) is 24.3 Å². The Bertz CT molecular complexity index is 423. The summed E-state index contributed by atoms with van der Waals surface area (Å²) in [5, 5.41) is 7.80. The minimum Gasteiger partial charge on any atom is -0.368 e. The maximum atomic E-state index is 11.2. The third-order valence-electron chi connectivity index (χ3n) is 3.11. The summed E-state index contributed by atoms with van der Waals surface area (Å²) in [6.45, 7) is 11.8. The SMILES string of the molecule is Cc1nn(C(C)C(N)=O)c(C)c1CNCC(C)C. The van der Waals surface area contributed by atoms with Gasteiger partial charge in [0.1, 0.15) is 6.04 Å². The van der Waals surface area contributed by atoms with Crippen LogP contribution >= 0.6 is 0 Å². The molecule has 0 radical (unpaired) electrons. The van der Waals surface area contributed by atoms with Crippen LogP contribution in [0, 0.1) is 19.8 Å². The van der Waals surface area contributed by atoms with E-state index in [1.165, 1.54) is 0 Å². The van der Waals surface area contributed by atoms with E-state index in [9.17, 15) is 4.79 Å². The first-order chi connectivity index (χ1) is 8.34. The number of rotatable bonds is 6. The van der Waals surface area contributed by atoms with Crippen molar-refractivity contribution in [2.75, 3.05) is 6.54 Å². The van der Waals surface area contributed by atoms with Gasteiger partial charge < -0.3 is 11.1 Å². The molecular formula is C13H24N4O. The maximum absolute atomic E-state index is 11.2. The Balaban J connectivity index is 2.84. The largest absolute Gasteiger partial charge is 0.368 e. The summed E-state index contributed by atoms with van der Waals surface area (Å²) >= 11 is 0. The summed E-state index contributed by atoms with van der Waals surface area (Å²) in [6.07, 6.45) is 0. The van der Waals surface area contributed by atoms with Gasteiger partial charge in [-0.1, -0.05) is 13.8 Å². The molecule has 0 spiro atoms. The zero-order valence-electron chi connectivity index (χ0n) is 11.9. The lowest BCUT2D eigenvalue weighted by atomic mass is 10.1. The highest BCUT2D eigenvalue weighted by Crippen LogP contribution is 2.17. The first-order valence-electron chi connectivity index (χ1n) is 6.39. The van der Waals surface area contributed by atoms with Crippen LogP contribution in [0.5, 0.6) is 0 Å².